The van der Waals surface area contributed by atoms with Gasteiger partial charge in [-0.25, -0.2) is 0 Å². The Balaban J connectivity index is 1.57. The lowest BCUT2D eigenvalue weighted by Crippen LogP contribution is -2.48. The standard InChI is InChI=1S/C16H22N2O4/c19-15(17-11-13-3-2-8-22-13)14-4-1-7-18(14)16(20)12-5-9-21-10-6-12/h2-3,8,12,14H,1,4-7,9-11H2,(H,17,19). The molecule has 120 valence electrons. The summed E-state index contributed by atoms with van der Waals surface area (Å²) in [6.07, 6.45) is 4.72. The average Bonchev–Trinajstić information content (AvgIpc) is 3.24. The molecule has 6 heteroatoms. The van der Waals surface area contributed by atoms with Crippen LogP contribution in [-0.4, -0.2) is 42.5 Å². The molecule has 2 saturated heterocycles. The van der Waals surface area contributed by atoms with E-state index in [1.807, 2.05) is 6.07 Å². The zero-order valence-electron chi connectivity index (χ0n) is 12.6. The Kier molecular flexibility index (Phi) is 4.77. The van der Waals surface area contributed by atoms with Crippen molar-refractivity contribution in [3.05, 3.63) is 24.2 Å². The van der Waals surface area contributed by atoms with Crippen molar-refractivity contribution in [2.24, 2.45) is 5.92 Å². The first kappa shape index (κ1) is 15.1. The Labute approximate surface area is 129 Å². The van der Waals surface area contributed by atoms with Crippen LogP contribution in [0.25, 0.3) is 0 Å². The average molecular weight is 306 g/mol. The molecule has 6 nitrogen and oxygen atoms in total. The molecule has 0 aromatic carbocycles. The van der Waals surface area contributed by atoms with E-state index in [-0.39, 0.29) is 23.8 Å². The van der Waals surface area contributed by atoms with Crippen molar-refractivity contribution in [1.29, 1.82) is 0 Å². The highest BCUT2D eigenvalue weighted by Crippen LogP contribution is 2.24. The van der Waals surface area contributed by atoms with Gasteiger partial charge in [0.15, 0.2) is 0 Å². The fourth-order valence-corrected chi connectivity index (χ4v) is 3.19. The van der Waals surface area contributed by atoms with Crippen molar-refractivity contribution in [2.45, 2.75) is 38.3 Å². The van der Waals surface area contributed by atoms with Gasteiger partial charge >= 0.3 is 0 Å². The Morgan fingerprint density at radius 3 is 2.82 bits per heavy atom. The Hall–Kier alpha value is -1.82. The van der Waals surface area contributed by atoms with Gasteiger partial charge in [0.1, 0.15) is 11.8 Å². The van der Waals surface area contributed by atoms with E-state index in [1.54, 1.807) is 17.2 Å². The molecule has 22 heavy (non-hydrogen) atoms. The number of ether oxygens (including phenoxy) is 1. The molecule has 1 aromatic rings. The molecule has 0 bridgehead atoms. The summed E-state index contributed by atoms with van der Waals surface area (Å²) in [6, 6.07) is 3.27. The van der Waals surface area contributed by atoms with Crippen LogP contribution in [0, 0.1) is 5.92 Å². The molecule has 0 spiro atoms. The van der Waals surface area contributed by atoms with E-state index in [0.717, 1.165) is 25.7 Å². The number of hydrogen-bond acceptors (Lipinski definition) is 4. The minimum absolute atomic E-state index is 0.00669. The molecule has 1 N–H and O–H groups in total. The second-order valence-electron chi connectivity index (χ2n) is 5.87. The molecular weight excluding hydrogens is 284 g/mol. The van der Waals surface area contributed by atoms with Crippen LogP contribution in [0.4, 0.5) is 0 Å². The van der Waals surface area contributed by atoms with Crippen molar-refractivity contribution >= 4 is 11.8 Å². The van der Waals surface area contributed by atoms with Gasteiger partial charge in [-0.05, 0) is 37.8 Å². The summed E-state index contributed by atoms with van der Waals surface area (Å²) in [7, 11) is 0. The van der Waals surface area contributed by atoms with E-state index in [1.165, 1.54) is 0 Å². The predicted octanol–water partition coefficient (Wildman–Crippen LogP) is 1.31. The second kappa shape index (κ2) is 6.96. The lowest BCUT2D eigenvalue weighted by molar-refractivity contribution is -0.143. The third-order valence-electron chi connectivity index (χ3n) is 4.43. The first-order valence-corrected chi connectivity index (χ1v) is 7.94. The highest BCUT2D eigenvalue weighted by Gasteiger charge is 2.37. The van der Waals surface area contributed by atoms with Crippen LogP contribution in [0.1, 0.15) is 31.4 Å². The minimum Gasteiger partial charge on any atom is -0.467 e. The summed E-state index contributed by atoms with van der Waals surface area (Å²) in [5.41, 5.74) is 0. The quantitative estimate of drug-likeness (QED) is 0.910. The molecule has 0 radical (unpaired) electrons. The molecule has 1 unspecified atom stereocenters. The number of amides is 2. The highest BCUT2D eigenvalue weighted by atomic mass is 16.5. The van der Waals surface area contributed by atoms with Crippen LogP contribution in [0.5, 0.6) is 0 Å². The topological polar surface area (TPSA) is 71.8 Å². The normalized spacial score (nSPS) is 22.7. The molecule has 2 fully saturated rings. The number of furan rings is 1. The van der Waals surface area contributed by atoms with Crippen LogP contribution in [0.15, 0.2) is 22.8 Å². The zero-order valence-corrected chi connectivity index (χ0v) is 12.6. The molecule has 3 rings (SSSR count). The van der Waals surface area contributed by atoms with Crippen molar-refractivity contribution in [1.82, 2.24) is 10.2 Å². The maximum atomic E-state index is 12.6. The first-order valence-electron chi connectivity index (χ1n) is 7.94. The third kappa shape index (κ3) is 3.32. The Bertz CT molecular complexity index is 508. The van der Waals surface area contributed by atoms with Gasteiger partial charge < -0.3 is 19.4 Å². The summed E-state index contributed by atoms with van der Waals surface area (Å²) in [4.78, 5) is 26.7. The van der Waals surface area contributed by atoms with E-state index in [4.69, 9.17) is 9.15 Å². The fourth-order valence-electron chi connectivity index (χ4n) is 3.19. The van der Waals surface area contributed by atoms with Crippen molar-refractivity contribution in [3.63, 3.8) is 0 Å². The molecule has 0 aliphatic carbocycles. The third-order valence-corrected chi connectivity index (χ3v) is 4.43. The lowest BCUT2D eigenvalue weighted by atomic mass is 9.98. The van der Waals surface area contributed by atoms with Gasteiger partial charge in [0.05, 0.1) is 12.8 Å². The van der Waals surface area contributed by atoms with E-state index in [2.05, 4.69) is 5.32 Å². The highest BCUT2D eigenvalue weighted by molar-refractivity contribution is 5.89. The van der Waals surface area contributed by atoms with Gasteiger partial charge in [0, 0.05) is 25.7 Å². The van der Waals surface area contributed by atoms with Gasteiger partial charge in [0.2, 0.25) is 11.8 Å². The smallest absolute Gasteiger partial charge is 0.243 e. The minimum atomic E-state index is -0.342. The van der Waals surface area contributed by atoms with Crippen LogP contribution in [0.3, 0.4) is 0 Å². The van der Waals surface area contributed by atoms with Crippen molar-refractivity contribution < 1.29 is 18.7 Å². The first-order chi connectivity index (χ1) is 10.8. The molecule has 2 aliphatic heterocycles. The molecule has 2 amide bonds. The van der Waals surface area contributed by atoms with E-state index in [0.29, 0.717) is 32.1 Å². The van der Waals surface area contributed by atoms with Crippen LogP contribution < -0.4 is 5.32 Å². The Morgan fingerprint density at radius 2 is 2.09 bits per heavy atom. The summed E-state index contributed by atoms with van der Waals surface area (Å²) in [5, 5.41) is 2.86. The number of nitrogens with zero attached hydrogens (tertiary/aromatic N) is 1. The number of likely N-dealkylation sites (tertiary alicyclic amines) is 1. The lowest BCUT2D eigenvalue weighted by Gasteiger charge is -2.30. The van der Waals surface area contributed by atoms with E-state index >= 15 is 0 Å². The number of rotatable bonds is 4. The molecule has 1 aromatic heterocycles. The van der Waals surface area contributed by atoms with Crippen LogP contribution in [0.2, 0.25) is 0 Å². The largest absolute Gasteiger partial charge is 0.467 e. The monoisotopic (exact) mass is 306 g/mol. The maximum absolute atomic E-state index is 12.6. The summed E-state index contributed by atoms with van der Waals surface area (Å²) in [5.74, 6) is 0.745. The fraction of sp³-hybridized carbons (Fsp3) is 0.625. The molecule has 3 heterocycles. The summed E-state index contributed by atoms with van der Waals surface area (Å²) in [6.45, 7) is 2.32. The SMILES string of the molecule is O=C(NCc1ccco1)C1CCCN1C(=O)C1CCOCC1. The van der Waals surface area contributed by atoms with E-state index in [9.17, 15) is 9.59 Å². The van der Waals surface area contributed by atoms with Crippen LogP contribution >= 0.6 is 0 Å². The van der Waals surface area contributed by atoms with E-state index < -0.39 is 0 Å². The van der Waals surface area contributed by atoms with Gasteiger partial charge in [-0.1, -0.05) is 0 Å². The second-order valence-corrected chi connectivity index (χ2v) is 5.87. The number of hydrogen-bond donors (Lipinski definition) is 1. The predicted molar refractivity (Wildman–Crippen MR) is 78.8 cm³/mol. The van der Waals surface area contributed by atoms with Crippen LogP contribution in [-0.2, 0) is 20.9 Å². The van der Waals surface area contributed by atoms with Gasteiger partial charge in [0.25, 0.3) is 0 Å². The summed E-state index contributed by atoms with van der Waals surface area (Å²) >= 11 is 0. The molecular formula is C16H22N2O4. The number of nitrogens with one attached hydrogen (secondary N) is 1. The van der Waals surface area contributed by atoms with Crippen molar-refractivity contribution in [3.8, 4) is 0 Å². The molecule has 1 atom stereocenters. The van der Waals surface area contributed by atoms with Gasteiger partial charge in [-0.15, -0.1) is 0 Å². The Morgan fingerprint density at radius 1 is 1.27 bits per heavy atom. The number of carbonyl (C=O) groups is 2. The van der Waals surface area contributed by atoms with Crippen molar-refractivity contribution in [2.75, 3.05) is 19.8 Å². The molecule has 0 saturated carbocycles. The maximum Gasteiger partial charge on any atom is 0.243 e. The zero-order chi connectivity index (χ0) is 15.4. The summed E-state index contributed by atoms with van der Waals surface area (Å²) < 4.78 is 10.5. The van der Waals surface area contributed by atoms with Gasteiger partial charge in [-0.2, -0.15) is 0 Å². The molecule has 2 aliphatic rings. The number of carbonyl (C=O) groups excluding carboxylic acids is 2. The van der Waals surface area contributed by atoms with Gasteiger partial charge in [-0.3, -0.25) is 9.59 Å².